The van der Waals surface area contributed by atoms with Crippen LogP contribution in [0.15, 0.2) is 58.2 Å². The van der Waals surface area contributed by atoms with Gasteiger partial charge in [-0.2, -0.15) is 4.98 Å². The van der Waals surface area contributed by atoms with Crippen LogP contribution in [0, 0.1) is 12.7 Å². The van der Waals surface area contributed by atoms with Gasteiger partial charge in [0.25, 0.3) is 5.89 Å². The van der Waals surface area contributed by atoms with Crippen molar-refractivity contribution in [2.45, 2.75) is 13.5 Å². The van der Waals surface area contributed by atoms with E-state index in [1.807, 2.05) is 31.2 Å². The third kappa shape index (κ3) is 3.75. The second-order valence-corrected chi connectivity index (χ2v) is 5.13. The number of amidine groups is 1. The fourth-order valence-electron chi connectivity index (χ4n) is 1.96. The SMILES string of the molecule is Cc1ccc(-c2noc(CON=C(N)c3ccc(F)cc3)n2)cc1. The van der Waals surface area contributed by atoms with Crippen molar-refractivity contribution < 1.29 is 13.8 Å². The molecule has 2 N–H and O–H groups in total. The Morgan fingerprint density at radius 2 is 1.88 bits per heavy atom. The van der Waals surface area contributed by atoms with Crippen molar-refractivity contribution >= 4 is 5.84 Å². The summed E-state index contributed by atoms with van der Waals surface area (Å²) in [5, 5.41) is 7.65. The molecule has 0 amide bonds. The van der Waals surface area contributed by atoms with Gasteiger partial charge in [-0.1, -0.05) is 40.1 Å². The van der Waals surface area contributed by atoms with Crippen molar-refractivity contribution in [1.82, 2.24) is 10.1 Å². The van der Waals surface area contributed by atoms with E-state index < -0.39 is 0 Å². The van der Waals surface area contributed by atoms with Gasteiger partial charge in [0.2, 0.25) is 5.82 Å². The van der Waals surface area contributed by atoms with Gasteiger partial charge in [0, 0.05) is 11.1 Å². The predicted octanol–water partition coefficient (Wildman–Crippen LogP) is 3.02. The maximum Gasteiger partial charge on any atom is 0.267 e. The van der Waals surface area contributed by atoms with Crippen molar-refractivity contribution in [2.24, 2.45) is 10.9 Å². The number of aryl methyl sites for hydroxylation is 1. The fraction of sp³-hybridized carbons (Fsp3) is 0.118. The number of nitrogens with two attached hydrogens (primary N) is 1. The van der Waals surface area contributed by atoms with Crippen molar-refractivity contribution in [3.8, 4) is 11.4 Å². The predicted molar refractivity (Wildman–Crippen MR) is 86.4 cm³/mol. The Kier molecular flexibility index (Phi) is 4.51. The molecule has 0 radical (unpaired) electrons. The molecule has 3 aromatic rings. The normalized spacial score (nSPS) is 11.5. The Bertz CT molecular complexity index is 842. The highest BCUT2D eigenvalue weighted by Crippen LogP contribution is 2.16. The number of nitrogens with zero attached hydrogens (tertiary/aromatic N) is 3. The maximum absolute atomic E-state index is 12.8. The average molecular weight is 326 g/mol. The molecule has 0 bridgehead atoms. The largest absolute Gasteiger partial charge is 0.384 e. The number of halogens is 1. The van der Waals surface area contributed by atoms with E-state index in [9.17, 15) is 4.39 Å². The molecule has 0 spiro atoms. The Morgan fingerprint density at radius 3 is 2.58 bits per heavy atom. The van der Waals surface area contributed by atoms with Gasteiger partial charge in [0.05, 0.1) is 0 Å². The second kappa shape index (κ2) is 6.91. The molecule has 24 heavy (non-hydrogen) atoms. The summed E-state index contributed by atoms with van der Waals surface area (Å²) in [7, 11) is 0. The summed E-state index contributed by atoms with van der Waals surface area (Å²) in [6.07, 6.45) is 0. The first-order chi connectivity index (χ1) is 11.6. The van der Waals surface area contributed by atoms with Crippen molar-refractivity contribution in [2.75, 3.05) is 0 Å². The third-order valence-electron chi connectivity index (χ3n) is 3.27. The van der Waals surface area contributed by atoms with Gasteiger partial charge in [0.1, 0.15) is 5.82 Å². The van der Waals surface area contributed by atoms with Crippen molar-refractivity contribution in [1.29, 1.82) is 0 Å². The van der Waals surface area contributed by atoms with E-state index >= 15 is 0 Å². The highest BCUT2D eigenvalue weighted by atomic mass is 19.1. The maximum atomic E-state index is 12.8. The molecule has 0 saturated heterocycles. The minimum absolute atomic E-state index is 0.0131. The number of hydrogen-bond acceptors (Lipinski definition) is 5. The molecule has 6 nitrogen and oxygen atoms in total. The molecule has 1 heterocycles. The van der Waals surface area contributed by atoms with Gasteiger partial charge in [0.15, 0.2) is 12.4 Å². The smallest absolute Gasteiger partial charge is 0.267 e. The lowest BCUT2D eigenvalue weighted by molar-refractivity contribution is 0.105. The standard InChI is InChI=1S/C17H15FN4O2/c1-11-2-4-13(5-3-11)17-20-15(24-22-17)10-23-21-16(19)12-6-8-14(18)9-7-12/h2-9H,10H2,1H3,(H2,19,21). The monoisotopic (exact) mass is 326 g/mol. The van der Waals surface area contributed by atoms with Crippen LogP contribution in [0.2, 0.25) is 0 Å². The highest BCUT2D eigenvalue weighted by molar-refractivity contribution is 5.96. The number of benzene rings is 2. The summed E-state index contributed by atoms with van der Waals surface area (Å²) < 4.78 is 18.0. The molecule has 7 heteroatoms. The van der Waals surface area contributed by atoms with Crippen LogP contribution < -0.4 is 5.73 Å². The van der Waals surface area contributed by atoms with E-state index in [0.29, 0.717) is 11.4 Å². The topological polar surface area (TPSA) is 86.5 Å². The Labute approximate surface area is 137 Å². The summed E-state index contributed by atoms with van der Waals surface area (Å²) >= 11 is 0. The second-order valence-electron chi connectivity index (χ2n) is 5.13. The molecule has 0 aliphatic rings. The van der Waals surface area contributed by atoms with Crippen LogP contribution in [0.5, 0.6) is 0 Å². The van der Waals surface area contributed by atoms with E-state index in [2.05, 4.69) is 15.3 Å². The van der Waals surface area contributed by atoms with Crippen LogP contribution in [0.1, 0.15) is 17.0 Å². The molecular formula is C17H15FN4O2. The minimum Gasteiger partial charge on any atom is -0.384 e. The summed E-state index contributed by atoms with van der Waals surface area (Å²) in [5.41, 5.74) is 8.31. The summed E-state index contributed by atoms with van der Waals surface area (Å²) in [4.78, 5) is 9.34. The third-order valence-corrected chi connectivity index (χ3v) is 3.27. The molecule has 0 saturated carbocycles. The van der Waals surface area contributed by atoms with Crippen LogP contribution in [0.3, 0.4) is 0 Å². The lowest BCUT2D eigenvalue weighted by Gasteiger charge is -2.00. The average Bonchev–Trinajstić information content (AvgIpc) is 3.05. The molecule has 1 aromatic heterocycles. The van der Waals surface area contributed by atoms with Gasteiger partial charge in [-0.3, -0.25) is 0 Å². The number of rotatable bonds is 5. The van der Waals surface area contributed by atoms with Gasteiger partial charge in [-0.25, -0.2) is 4.39 Å². The highest BCUT2D eigenvalue weighted by Gasteiger charge is 2.09. The summed E-state index contributed by atoms with van der Waals surface area (Å²) in [5.74, 6) is 0.542. The first-order valence-corrected chi connectivity index (χ1v) is 7.23. The number of oxime groups is 1. The molecular weight excluding hydrogens is 311 g/mol. The zero-order valence-corrected chi connectivity index (χ0v) is 12.9. The molecule has 0 fully saturated rings. The minimum atomic E-state index is -0.345. The summed E-state index contributed by atoms with van der Waals surface area (Å²) in [6.45, 7) is 1.99. The molecule has 0 unspecified atom stereocenters. The van der Waals surface area contributed by atoms with Gasteiger partial charge in [-0.05, 0) is 31.2 Å². The lowest BCUT2D eigenvalue weighted by atomic mass is 10.1. The Hall–Kier alpha value is -3.22. The zero-order valence-electron chi connectivity index (χ0n) is 12.9. The number of aromatic nitrogens is 2. The molecule has 3 rings (SSSR count). The number of hydrogen-bond donors (Lipinski definition) is 1. The van der Waals surface area contributed by atoms with Crippen molar-refractivity contribution in [3.05, 3.63) is 71.4 Å². The molecule has 122 valence electrons. The summed E-state index contributed by atoms with van der Waals surface area (Å²) in [6, 6.07) is 13.4. The molecule has 0 atom stereocenters. The zero-order chi connectivity index (χ0) is 16.9. The quantitative estimate of drug-likeness (QED) is 0.442. The van der Waals surface area contributed by atoms with Crippen LogP contribution in [-0.2, 0) is 11.4 Å². The van der Waals surface area contributed by atoms with E-state index in [4.69, 9.17) is 15.1 Å². The molecule has 0 aliphatic heterocycles. The van der Waals surface area contributed by atoms with Crippen LogP contribution >= 0.6 is 0 Å². The van der Waals surface area contributed by atoms with E-state index in [0.717, 1.165) is 11.1 Å². The first-order valence-electron chi connectivity index (χ1n) is 7.23. The van der Waals surface area contributed by atoms with Gasteiger partial charge >= 0.3 is 0 Å². The molecule has 2 aromatic carbocycles. The van der Waals surface area contributed by atoms with Crippen LogP contribution in [-0.4, -0.2) is 16.0 Å². The van der Waals surface area contributed by atoms with E-state index in [1.165, 1.54) is 24.3 Å². The van der Waals surface area contributed by atoms with Crippen LogP contribution in [0.4, 0.5) is 4.39 Å². The Balaban J connectivity index is 1.62. The van der Waals surface area contributed by atoms with E-state index in [-0.39, 0.29) is 24.2 Å². The van der Waals surface area contributed by atoms with Crippen LogP contribution in [0.25, 0.3) is 11.4 Å². The van der Waals surface area contributed by atoms with Gasteiger partial charge in [-0.15, -0.1) is 0 Å². The lowest BCUT2D eigenvalue weighted by Crippen LogP contribution is -2.13. The van der Waals surface area contributed by atoms with E-state index in [1.54, 1.807) is 0 Å². The fourth-order valence-corrected chi connectivity index (χ4v) is 1.96. The first kappa shape index (κ1) is 15.7. The van der Waals surface area contributed by atoms with Gasteiger partial charge < -0.3 is 15.1 Å². The molecule has 0 aliphatic carbocycles. The Morgan fingerprint density at radius 1 is 1.17 bits per heavy atom. The van der Waals surface area contributed by atoms with Crippen molar-refractivity contribution in [3.63, 3.8) is 0 Å².